The number of amides is 1. The molecule has 1 aliphatic heterocycles. The van der Waals surface area contributed by atoms with Crippen LogP contribution in [0.1, 0.15) is 21.5 Å². The average Bonchev–Trinajstić information content (AvgIpc) is 2.72. The molecule has 1 aliphatic rings. The fourth-order valence-electron chi connectivity index (χ4n) is 3.50. The number of nitrogens with zero attached hydrogens (tertiary/aromatic N) is 3. The summed E-state index contributed by atoms with van der Waals surface area (Å²) in [6, 6.07) is 13.3. The summed E-state index contributed by atoms with van der Waals surface area (Å²) in [4.78, 5) is 17.2. The third-order valence-corrected chi connectivity index (χ3v) is 6.75. The number of likely N-dealkylation sites (N-methyl/N-ethyl adjacent to an activating group) is 1. The Kier molecular flexibility index (Phi) is 6.67. The maximum absolute atomic E-state index is 12.5. The molecule has 1 N–H and O–H groups in total. The summed E-state index contributed by atoms with van der Waals surface area (Å²) in [5.74, 6) is -0.185. The molecule has 2 aromatic carbocycles. The summed E-state index contributed by atoms with van der Waals surface area (Å²) in [7, 11) is 0.299. The molecule has 1 fully saturated rings. The molecule has 0 unspecified atom stereocenters. The Balaban J connectivity index is 1.59. The minimum atomic E-state index is -3.35. The first kappa shape index (κ1) is 22.1. The van der Waals surface area contributed by atoms with Crippen LogP contribution in [0.15, 0.2) is 42.5 Å². The third kappa shape index (κ3) is 5.31. The van der Waals surface area contributed by atoms with E-state index in [1.807, 2.05) is 12.1 Å². The molecule has 3 rings (SSSR count). The van der Waals surface area contributed by atoms with Crippen LogP contribution < -0.4 is 14.5 Å². The van der Waals surface area contributed by atoms with Crippen LogP contribution in [-0.2, 0) is 16.6 Å². The van der Waals surface area contributed by atoms with E-state index in [-0.39, 0.29) is 5.91 Å². The lowest BCUT2D eigenvalue weighted by molar-refractivity contribution is 0.0951. The van der Waals surface area contributed by atoms with Crippen molar-refractivity contribution in [1.29, 1.82) is 0 Å². The largest absolute Gasteiger partial charge is 0.369 e. The smallest absolute Gasteiger partial charge is 0.251 e. The molecule has 0 spiro atoms. The summed E-state index contributed by atoms with van der Waals surface area (Å²) in [5, 5.41) is 2.94. The molecular weight excluding hydrogens is 400 g/mol. The van der Waals surface area contributed by atoms with Gasteiger partial charge in [-0.1, -0.05) is 12.1 Å². The lowest BCUT2D eigenvalue weighted by Gasteiger charge is -2.34. The molecule has 1 saturated heterocycles. The number of hydrogen-bond donors (Lipinski definition) is 1. The van der Waals surface area contributed by atoms with Gasteiger partial charge >= 0.3 is 0 Å². The summed E-state index contributed by atoms with van der Waals surface area (Å²) in [5.41, 5.74) is 4.04. The third-order valence-electron chi connectivity index (χ3n) is 5.55. The SMILES string of the molecule is Cc1cc(C(=O)NCc2ccc(N3CCN(C)CC3)cc2)ccc1N(C)S(C)(=O)=O. The van der Waals surface area contributed by atoms with Crippen LogP contribution in [0.3, 0.4) is 0 Å². The van der Waals surface area contributed by atoms with Gasteiger partial charge in [0.25, 0.3) is 5.91 Å². The number of nitrogens with one attached hydrogen (secondary N) is 1. The molecule has 30 heavy (non-hydrogen) atoms. The second-order valence-corrected chi connectivity index (χ2v) is 9.88. The summed E-state index contributed by atoms with van der Waals surface area (Å²) < 4.78 is 24.7. The first-order valence-electron chi connectivity index (χ1n) is 10.0. The fourth-order valence-corrected chi connectivity index (χ4v) is 4.06. The zero-order chi connectivity index (χ0) is 21.9. The maximum Gasteiger partial charge on any atom is 0.251 e. The second-order valence-electron chi connectivity index (χ2n) is 7.87. The molecule has 0 bridgehead atoms. The Hall–Kier alpha value is -2.58. The van der Waals surface area contributed by atoms with Crippen molar-refractivity contribution in [2.45, 2.75) is 13.5 Å². The normalized spacial score (nSPS) is 15.1. The number of sulfonamides is 1. The Bertz CT molecular complexity index is 998. The minimum Gasteiger partial charge on any atom is -0.369 e. The zero-order valence-electron chi connectivity index (χ0n) is 18.1. The molecule has 0 atom stereocenters. The van der Waals surface area contributed by atoms with Crippen molar-refractivity contribution >= 4 is 27.3 Å². The van der Waals surface area contributed by atoms with E-state index in [4.69, 9.17) is 0 Å². The summed E-state index contributed by atoms with van der Waals surface area (Å²) >= 11 is 0. The number of aryl methyl sites for hydroxylation is 1. The number of piperazine rings is 1. The average molecular weight is 431 g/mol. The van der Waals surface area contributed by atoms with Crippen LogP contribution in [-0.4, -0.2) is 65.8 Å². The van der Waals surface area contributed by atoms with E-state index in [2.05, 4.69) is 34.3 Å². The second kappa shape index (κ2) is 9.06. The molecule has 1 amide bonds. The summed E-state index contributed by atoms with van der Waals surface area (Å²) in [6.45, 7) is 6.41. The number of carbonyl (C=O) groups excluding carboxylic acids is 1. The number of hydrogen-bond acceptors (Lipinski definition) is 5. The van der Waals surface area contributed by atoms with Crippen LogP contribution in [0.4, 0.5) is 11.4 Å². The molecule has 7 nitrogen and oxygen atoms in total. The Morgan fingerprint density at radius 1 is 1.07 bits per heavy atom. The predicted molar refractivity (Wildman–Crippen MR) is 122 cm³/mol. The van der Waals surface area contributed by atoms with Crippen LogP contribution in [0.5, 0.6) is 0 Å². The maximum atomic E-state index is 12.5. The Morgan fingerprint density at radius 3 is 2.27 bits per heavy atom. The lowest BCUT2D eigenvalue weighted by atomic mass is 10.1. The fraction of sp³-hybridized carbons (Fsp3) is 0.409. The van der Waals surface area contributed by atoms with Crippen molar-refractivity contribution in [1.82, 2.24) is 10.2 Å². The number of anilines is 2. The van der Waals surface area contributed by atoms with Gasteiger partial charge in [-0.05, 0) is 55.4 Å². The molecule has 0 aliphatic carbocycles. The molecular formula is C22H30N4O3S. The standard InChI is InChI=1S/C22H30N4O3S/c1-17-15-19(7-10-21(17)25(3)30(4,28)29)22(27)23-16-18-5-8-20(9-6-18)26-13-11-24(2)12-14-26/h5-10,15H,11-14,16H2,1-4H3,(H,23,27). The van der Waals surface area contributed by atoms with Gasteiger partial charge in [-0.2, -0.15) is 0 Å². The van der Waals surface area contributed by atoms with Gasteiger partial charge in [0.1, 0.15) is 0 Å². The van der Waals surface area contributed by atoms with Crippen molar-refractivity contribution < 1.29 is 13.2 Å². The molecule has 1 heterocycles. The highest BCUT2D eigenvalue weighted by Crippen LogP contribution is 2.22. The highest BCUT2D eigenvalue weighted by atomic mass is 32.2. The molecule has 162 valence electrons. The number of benzene rings is 2. The van der Waals surface area contributed by atoms with Gasteiger partial charge in [-0.25, -0.2) is 8.42 Å². The van der Waals surface area contributed by atoms with Crippen LogP contribution >= 0.6 is 0 Å². The Morgan fingerprint density at radius 2 is 1.70 bits per heavy atom. The van der Waals surface area contributed by atoms with Gasteiger partial charge in [0, 0.05) is 51.0 Å². The molecule has 2 aromatic rings. The van der Waals surface area contributed by atoms with E-state index < -0.39 is 10.0 Å². The van der Waals surface area contributed by atoms with E-state index in [1.165, 1.54) is 17.0 Å². The van der Waals surface area contributed by atoms with E-state index in [0.717, 1.165) is 43.6 Å². The van der Waals surface area contributed by atoms with Crippen LogP contribution in [0.2, 0.25) is 0 Å². The van der Waals surface area contributed by atoms with Crippen LogP contribution in [0, 0.1) is 6.92 Å². The topological polar surface area (TPSA) is 73.0 Å². The summed E-state index contributed by atoms with van der Waals surface area (Å²) in [6.07, 6.45) is 1.15. The zero-order valence-corrected chi connectivity index (χ0v) is 18.9. The van der Waals surface area contributed by atoms with E-state index in [1.54, 1.807) is 25.1 Å². The molecule has 0 aromatic heterocycles. The van der Waals surface area contributed by atoms with Gasteiger partial charge in [0.05, 0.1) is 11.9 Å². The molecule has 8 heteroatoms. The predicted octanol–water partition coefficient (Wildman–Crippen LogP) is 2.07. The minimum absolute atomic E-state index is 0.185. The van der Waals surface area contributed by atoms with E-state index in [9.17, 15) is 13.2 Å². The first-order valence-corrected chi connectivity index (χ1v) is 11.8. The number of rotatable bonds is 6. The quantitative estimate of drug-likeness (QED) is 0.760. The highest BCUT2D eigenvalue weighted by Gasteiger charge is 2.16. The first-order chi connectivity index (χ1) is 14.1. The van der Waals surface area contributed by atoms with Crippen molar-refractivity contribution in [2.75, 3.05) is 55.7 Å². The van der Waals surface area contributed by atoms with Crippen LogP contribution in [0.25, 0.3) is 0 Å². The lowest BCUT2D eigenvalue weighted by Crippen LogP contribution is -2.44. The van der Waals surface area contributed by atoms with E-state index >= 15 is 0 Å². The van der Waals surface area contributed by atoms with Crippen molar-refractivity contribution in [3.05, 3.63) is 59.2 Å². The van der Waals surface area contributed by atoms with Gasteiger partial charge in [0.15, 0.2) is 0 Å². The Labute approximate surface area is 179 Å². The highest BCUT2D eigenvalue weighted by molar-refractivity contribution is 7.92. The monoisotopic (exact) mass is 430 g/mol. The van der Waals surface area contributed by atoms with Gasteiger partial charge in [0.2, 0.25) is 10.0 Å². The number of carbonyl (C=O) groups is 1. The van der Waals surface area contributed by atoms with Gasteiger partial charge < -0.3 is 15.1 Å². The van der Waals surface area contributed by atoms with Crippen molar-refractivity contribution in [3.63, 3.8) is 0 Å². The molecule has 0 saturated carbocycles. The van der Waals surface area contributed by atoms with Crippen molar-refractivity contribution in [2.24, 2.45) is 0 Å². The van der Waals surface area contributed by atoms with Gasteiger partial charge in [-0.3, -0.25) is 9.10 Å². The van der Waals surface area contributed by atoms with E-state index in [0.29, 0.717) is 17.8 Å². The van der Waals surface area contributed by atoms with Gasteiger partial charge in [-0.15, -0.1) is 0 Å². The van der Waals surface area contributed by atoms with Crippen molar-refractivity contribution in [3.8, 4) is 0 Å². The molecule has 0 radical (unpaired) electrons.